The first-order valence-electron chi connectivity index (χ1n) is 5.64. The molecule has 0 atom stereocenters. The van der Waals surface area contributed by atoms with Gasteiger partial charge in [0.2, 0.25) is 0 Å². The Labute approximate surface area is 97.4 Å². The number of nitrogens with one attached hydrogen (secondary N) is 1. The number of aromatic nitrogens is 1. The lowest BCUT2D eigenvalue weighted by atomic mass is 9.90. The highest BCUT2D eigenvalue weighted by Gasteiger charge is 2.17. The first-order valence-corrected chi connectivity index (χ1v) is 5.64. The van der Waals surface area contributed by atoms with Crippen LogP contribution < -0.4 is 5.32 Å². The van der Waals surface area contributed by atoms with Crippen molar-refractivity contribution in [2.45, 2.75) is 33.7 Å². The Kier molecular flexibility index (Phi) is 4.96. The molecule has 0 unspecified atom stereocenters. The molecule has 1 rings (SSSR count). The molecule has 0 aliphatic carbocycles. The van der Waals surface area contributed by atoms with E-state index in [9.17, 15) is 0 Å². The second kappa shape index (κ2) is 6.01. The average Bonchev–Trinajstić information content (AvgIpc) is 2.58. The molecule has 0 aromatic carbocycles. The first-order chi connectivity index (χ1) is 7.53. The monoisotopic (exact) mass is 226 g/mol. The average molecular weight is 226 g/mol. The van der Waals surface area contributed by atoms with E-state index in [0.29, 0.717) is 6.61 Å². The summed E-state index contributed by atoms with van der Waals surface area (Å²) in [6, 6.07) is 0. The van der Waals surface area contributed by atoms with Crippen LogP contribution in [-0.4, -0.2) is 25.2 Å². The predicted molar refractivity (Wildman–Crippen MR) is 63.2 cm³/mol. The molecular weight excluding hydrogens is 204 g/mol. The predicted octanol–water partition coefficient (Wildman–Crippen LogP) is 2.00. The number of hydrogen-bond acceptors (Lipinski definition) is 4. The van der Waals surface area contributed by atoms with Crippen molar-refractivity contribution in [2.24, 2.45) is 5.41 Å². The molecule has 0 aliphatic rings. The van der Waals surface area contributed by atoms with Crippen molar-refractivity contribution in [1.82, 2.24) is 10.3 Å². The number of nitrogens with zero attached hydrogens (tertiary/aromatic N) is 1. The second-order valence-electron chi connectivity index (χ2n) is 5.13. The molecule has 0 spiro atoms. The van der Waals surface area contributed by atoms with E-state index in [2.05, 4.69) is 31.1 Å². The summed E-state index contributed by atoms with van der Waals surface area (Å²) < 4.78 is 10.4. The third-order valence-corrected chi connectivity index (χ3v) is 2.19. The number of rotatable bonds is 6. The molecule has 0 aliphatic heterocycles. The van der Waals surface area contributed by atoms with E-state index in [4.69, 9.17) is 9.15 Å². The molecule has 92 valence electrons. The van der Waals surface area contributed by atoms with E-state index >= 15 is 0 Å². The van der Waals surface area contributed by atoms with Gasteiger partial charge < -0.3 is 14.5 Å². The number of methoxy groups -OCH3 is 1. The summed E-state index contributed by atoms with van der Waals surface area (Å²) >= 11 is 0. The fraction of sp³-hybridized carbons (Fsp3) is 0.750. The van der Waals surface area contributed by atoms with E-state index < -0.39 is 0 Å². The van der Waals surface area contributed by atoms with Gasteiger partial charge in [-0.2, -0.15) is 0 Å². The van der Waals surface area contributed by atoms with Gasteiger partial charge in [0, 0.05) is 26.6 Å². The first kappa shape index (κ1) is 13.2. The highest BCUT2D eigenvalue weighted by Crippen LogP contribution is 2.22. The van der Waals surface area contributed by atoms with E-state index in [1.165, 1.54) is 6.39 Å². The van der Waals surface area contributed by atoms with Gasteiger partial charge in [0.05, 0.1) is 12.3 Å². The minimum Gasteiger partial charge on any atom is -0.448 e. The Bertz CT molecular complexity index is 302. The summed E-state index contributed by atoms with van der Waals surface area (Å²) in [6.45, 7) is 8.86. The van der Waals surface area contributed by atoms with Gasteiger partial charge in [-0.05, 0) is 5.41 Å². The van der Waals surface area contributed by atoms with Crippen LogP contribution >= 0.6 is 0 Å². The van der Waals surface area contributed by atoms with Crippen molar-refractivity contribution in [2.75, 3.05) is 20.3 Å². The van der Waals surface area contributed by atoms with E-state index in [1.54, 1.807) is 7.11 Å². The topological polar surface area (TPSA) is 47.3 Å². The van der Waals surface area contributed by atoms with Crippen LogP contribution in [0.15, 0.2) is 10.8 Å². The highest BCUT2D eigenvalue weighted by molar-refractivity contribution is 5.08. The lowest BCUT2D eigenvalue weighted by Gasteiger charge is -2.16. The summed E-state index contributed by atoms with van der Waals surface area (Å²) in [4.78, 5) is 4.23. The molecule has 4 nitrogen and oxygen atoms in total. The summed E-state index contributed by atoms with van der Waals surface area (Å²) in [5, 5.41) is 3.27. The van der Waals surface area contributed by atoms with Crippen molar-refractivity contribution in [3.63, 3.8) is 0 Å². The molecule has 0 saturated heterocycles. The lowest BCUT2D eigenvalue weighted by Crippen LogP contribution is -2.20. The molecular formula is C12H22N2O2. The zero-order valence-electron chi connectivity index (χ0n) is 10.7. The number of hydrogen-bond donors (Lipinski definition) is 1. The Morgan fingerprint density at radius 2 is 2.19 bits per heavy atom. The normalized spacial score (nSPS) is 12.0. The minimum absolute atomic E-state index is 0.223. The van der Waals surface area contributed by atoms with E-state index in [-0.39, 0.29) is 5.41 Å². The standard InChI is InChI=1S/C12H22N2O2/c1-12(2,3)7-11-10(14-9-16-11)8-13-5-6-15-4/h9,13H,5-8H2,1-4H3. The summed E-state index contributed by atoms with van der Waals surface area (Å²) in [5.41, 5.74) is 1.23. The zero-order chi connectivity index (χ0) is 12.0. The van der Waals surface area contributed by atoms with Gasteiger partial charge in [-0.1, -0.05) is 20.8 Å². The molecule has 0 amide bonds. The van der Waals surface area contributed by atoms with Crippen molar-refractivity contribution >= 4 is 0 Å². The number of oxazole rings is 1. The van der Waals surface area contributed by atoms with E-state index in [0.717, 1.165) is 31.0 Å². The zero-order valence-corrected chi connectivity index (χ0v) is 10.7. The summed E-state index contributed by atoms with van der Waals surface area (Å²) in [5.74, 6) is 0.984. The van der Waals surface area contributed by atoms with Crippen molar-refractivity contribution in [3.8, 4) is 0 Å². The van der Waals surface area contributed by atoms with Gasteiger partial charge in [-0.15, -0.1) is 0 Å². The Hall–Kier alpha value is -0.870. The molecule has 1 aromatic heterocycles. The van der Waals surface area contributed by atoms with Gasteiger partial charge >= 0.3 is 0 Å². The van der Waals surface area contributed by atoms with Crippen LogP contribution in [0.5, 0.6) is 0 Å². The molecule has 16 heavy (non-hydrogen) atoms. The van der Waals surface area contributed by atoms with Gasteiger partial charge in [-0.25, -0.2) is 4.98 Å². The van der Waals surface area contributed by atoms with Gasteiger partial charge in [-0.3, -0.25) is 0 Å². The molecule has 0 fully saturated rings. The fourth-order valence-electron chi connectivity index (χ4n) is 1.44. The molecule has 4 heteroatoms. The molecule has 1 N–H and O–H groups in total. The summed E-state index contributed by atoms with van der Waals surface area (Å²) in [7, 11) is 1.70. The van der Waals surface area contributed by atoms with Crippen molar-refractivity contribution < 1.29 is 9.15 Å². The third kappa shape index (κ3) is 4.77. The largest absolute Gasteiger partial charge is 0.448 e. The Balaban J connectivity index is 2.44. The quantitative estimate of drug-likeness (QED) is 0.754. The summed E-state index contributed by atoms with van der Waals surface area (Å²) in [6.07, 6.45) is 2.43. The molecule has 1 heterocycles. The van der Waals surface area contributed by atoms with Crippen LogP contribution in [0.2, 0.25) is 0 Å². The van der Waals surface area contributed by atoms with E-state index in [1.807, 2.05) is 0 Å². The second-order valence-corrected chi connectivity index (χ2v) is 5.13. The minimum atomic E-state index is 0.223. The number of ether oxygens (including phenoxy) is 1. The molecule has 0 radical (unpaired) electrons. The molecule has 0 bridgehead atoms. The maximum Gasteiger partial charge on any atom is 0.181 e. The van der Waals surface area contributed by atoms with Crippen molar-refractivity contribution in [3.05, 3.63) is 17.8 Å². The molecule has 0 saturated carbocycles. The SMILES string of the molecule is COCCNCc1ncoc1CC(C)(C)C. The smallest absolute Gasteiger partial charge is 0.181 e. The maximum atomic E-state index is 5.42. The van der Waals surface area contributed by atoms with Gasteiger partial charge in [0.1, 0.15) is 5.76 Å². The van der Waals surface area contributed by atoms with Crippen LogP contribution in [0, 0.1) is 5.41 Å². The maximum absolute atomic E-state index is 5.42. The van der Waals surface area contributed by atoms with Crippen LogP contribution in [-0.2, 0) is 17.7 Å². The lowest BCUT2D eigenvalue weighted by molar-refractivity contribution is 0.199. The molecule has 1 aromatic rings. The Morgan fingerprint density at radius 3 is 2.81 bits per heavy atom. The van der Waals surface area contributed by atoms with Gasteiger partial charge in [0.25, 0.3) is 0 Å². The van der Waals surface area contributed by atoms with Crippen LogP contribution in [0.4, 0.5) is 0 Å². The van der Waals surface area contributed by atoms with Crippen LogP contribution in [0.25, 0.3) is 0 Å². The third-order valence-electron chi connectivity index (χ3n) is 2.19. The fourth-order valence-corrected chi connectivity index (χ4v) is 1.44. The highest BCUT2D eigenvalue weighted by atomic mass is 16.5. The Morgan fingerprint density at radius 1 is 1.44 bits per heavy atom. The van der Waals surface area contributed by atoms with Crippen LogP contribution in [0.1, 0.15) is 32.2 Å². The van der Waals surface area contributed by atoms with Crippen LogP contribution in [0.3, 0.4) is 0 Å². The van der Waals surface area contributed by atoms with Crippen molar-refractivity contribution in [1.29, 1.82) is 0 Å². The van der Waals surface area contributed by atoms with Gasteiger partial charge in [0.15, 0.2) is 6.39 Å².